The van der Waals surface area contributed by atoms with Gasteiger partial charge in [0.25, 0.3) is 0 Å². The molecule has 27 heavy (non-hydrogen) atoms. The molecule has 1 amide bonds. The molecule has 1 heterocycles. The first kappa shape index (κ1) is 20.1. The van der Waals surface area contributed by atoms with Gasteiger partial charge >= 0.3 is 0 Å². The maximum Gasteiger partial charge on any atom is 0.243 e. The minimum atomic E-state index is -3.76. The number of hydrogen-bond acceptors (Lipinski definition) is 4. The lowest BCUT2D eigenvalue weighted by Gasteiger charge is -2.23. The van der Waals surface area contributed by atoms with Crippen LogP contribution < -0.4 is 10.1 Å². The maximum absolute atomic E-state index is 12.9. The third-order valence-electron chi connectivity index (χ3n) is 4.35. The first-order chi connectivity index (χ1) is 12.8. The molecule has 144 valence electrons. The zero-order valence-electron chi connectivity index (χ0n) is 14.5. The summed E-state index contributed by atoms with van der Waals surface area (Å²) in [6, 6.07) is 10.5. The van der Waals surface area contributed by atoms with Crippen LogP contribution in [-0.2, 0) is 14.8 Å². The number of halogens is 2. The van der Waals surface area contributed by atoms with Crippen molar-refractivity contribution in [2.24, 2.45) is 0 Å². The molecule has 1 aliphatic heterocycles. The average molecular weight is 474 g/mol. The number of hydrogen-bond donors (Lipinski definition) is 1. The van der Waals surface area contributed by atoms with E-state index in [1.54, 1.807) is 30.3 Å². The van der Waals surface area contributed by atoms with Crippen molar-refractivity contribution in [1.82, 2.24) is 4.31 Å². The van der Waals surface area contributed by atoms with Crippen molar-refractivity contribution in [3.8, 4) is 5.75 Å². The number of nitrogens with one attached hydrogen (secondary N) is 1. The van der Waals surface area contributed by atoms with Crippen molar-refractivity contribution < 1.29 is 17.9 Å². The molecule has 9 heteroatoms. The van der Waals surface area contributed by atoms with Crippen molar-refractivity contribution in [2.75, 3.05) is 19.0 Å². The zero-order valence-corrected chi connectivity index (χ0v) is 17.6. The lowest BCUT2D eigenvalue weighted by atomic mass is 10.2. The summed E-state index contributed by atoms with van der Waals surface area (Å²) >= 11 is 9.37. The molecule has 0 aliphatic carbocycles. The Labute approximate surface area is 171 Å². The van der Waals surface area contributed by atoms with Crippen molar-refractivity contribution >= 4 is 49.1 Å². The Balaban J connectivity index is 1.80. The highest BCUT2D eigenvalue weighted by Crippen LogP contribution is 2.30. The van der Waals surface area contributed by atoms with Crippen molar-refractivity contribution in [1.29, 1.82) is 0 Å². The van der Waals surface area contributed by atoms with Crippen LogP contribution in [0.2, 0.25) is 5.02 Å². The van der Waals surface area contributed by atoms with E-state index in [1.165, 1.54) is 23.5 Å². The molecule has 2 aromatic rings. The Kier molecular flexibility index (Phi) is 6.10. The molecule has 3 rings (SSSR count). The molecule has 6 nitrogen and oxygen atoms in total. The van der Waals surface area contributed by atoms with E-state index in [0.29, 0.717) is 35.8 Å². The highest BCUT2D eigenvalue weighted by Gasteiger charge is 2.39. The van der Waals surface area contributed by atoms with Crippen LogP contribution in [0.15, 0.2) is 51.8 Å². The van der Waals surface area contributed by atoms with Crippen molar-refractivity contribution in [2.45, 2.75) is 23.8 Å². The number of carbonyl (C=O) groups excluding carboxylic acids is 1. The summed E-state index contributed by atoms with van der Waals surface area (Å²) in [7, 11) is -2.25. The van der Waals surface area contributed by atoms with Gasteiger partial charge in [-0.2, -0.15) is 4.31 Å². The van der Waals surface area contributed by atoms with Gasteiger partial charge in [-0.05, 0) is 55.3 Å². The van der Waals surface area contributed by atoms with Gasteiger partial charge in [0, 0.05) is 16.7 Å². The summed E-state index contributed by atoms with van der Waals surface area (Å²) in [4.78, 5) is 12.9. The highest BCUT2D eigenvalue weighted by atomic mass is 79.9. The van der Waals surface area contributed by atoms with Gasteiger partial charge in [0.1, 0.15) is 11.8 Å². The van der Waals surface area contributed by atoms with Gasteiger partial charge in [0.2, 0.25) is 15.9 Å². The second kappa shape index (κ2) is 8.18. The summed E-state index contributed by atoms with van der Waals surface area (Å²) < 4.78 is 33.0. The van der Waals surface area contributed by atoms with Crippen molar-refractivity contribution in [3.05, 3.63) is 52.0 Å². The van der Waals surface area contributed by atoms with E-state index in [0.717, 1.165) is 4.47 Å². The molecular formula is C18H18BrClN2O4S. The van der Waals surface area contributed by atoms with E-state index in [1.807, 2.05) is 0 Å². The SMILES string of the molecule is COc1ccc(NC(=O)C2CCCN2S(=O)(=O)c2ccc(Br)cc2)cc1Cl. The van der Waals surface area contributed by atoms with Gasteiger partial charge < -0.3 is 10.1 Å². The number of ether oxygens (including phenoxy) is 1. The number of benzene rings is 2. The quantitative estimate of drug-likeness (QED) is 0.714. The third-order valence-corrected chi connectivity index (χ3v) is 7.09. The molecule has 1 aliphatic rings. The fraction of sp³-hybridized carbons (Fsp3) is 0.278. The molecule has 0 radical (unpaired) electrons. The van der Waals surface area contributed by atoms with Crippen molar-refractivity contribution in [3.63, 3.8) is 0 Å². The topological polar surface area (TPSA) is 75.7 Å². The van der Waals surface area contributed by atoms with Crippen LogP contribution in [0.5, 0.6) is 5.75 Å². The first-order valence-corrected chi connectivity index (χ1v) is 10.9. The maximum atomic E-state index is 12.9. The monoisotopic (exact) mass is 472 g/mol. The number of amides is 1. The molecule has 0 aromatic heterocycles. The number of carbonyl (C=O) groups is 1. The van der Waals surface area contributed by atoms with Crippen LogP contribution in [0.25, 0.3) is 0 Å². The van der Waals surface area contributed by atoms with E-state index in [-0.39, 0.29) is 10.8 Å². The first-order valence-electron chi connectivity index (χ1n) is 8.25. The van der Waals surface area contributed by atoms with Crippen LogP contribution in [0.4, 0.5) is 5.69 Å². The summed E-state index contributed by atoms with van der Waals surface area (Å²) in [6.45, 7) is 0.305. The average Bonchev–Trinajstić information content (AvgIpc) is 3.13. The number of nitrogens with zero attached hydrogens (tertiary/aromatic N) is 1. The fourth-order valence-electron chi connectivity index (χ4n) is 3.00. The van der Waals surface area contributed by atoms with E-state index in [4.69, 9.17) is 16.3 Å². The van der Waals surface area contributed by atoms with Crippen LogP contribution in [0.1, 0.15) is 12.8 Å². The number of methoxy groups -OCH3 is 1. The lowest BCUT2D eigenvalue weighted by molar-refractivity contribution is -0.119. The normalized spacial score (nSPS) is 17.7. The predicted molar refractivity (Wildman–Crippen MR) is 108 cm³/mol. The fourth-order valence-corrected chi connectivity index (χ4v) is 5.18. The summed E-state index contributed by atoms with van der Waals surface area (Å²) in [5.74, 6) is 0.115. The van der Waals surface area contributed by atoms with E-state index in [2.05, 4.69) is 21.2 Å². The number of rotatable bonds is 5. The molecular weight excluding hydrogens is 456 g/mol. The van der Waals surface area contributed by atoms with Gasteiger partial charge in [-0.1, -0.05) is 27.5 Å². The minimum Gasteiger partial charge on any atom is -0.495 e. The molecule has 0 bridgehead atoms. The van der Waals surface area contributed by atoms with Crippen LogP contribution >= 0.6 is 27.5 Å². The standard InChI is InChI=1S/C18H18BrClN2O4S/c1-26-17-9-6-13(11-15(17)20)21-18(23)16-3-2-10-22(16)27(24,25)14-7-4-12(19)5-8-14/h4-9,11,16H,2-3,10H2,1H3,(H,21,23). The molecule has 2 aromatic carbocycles. The van der Waals surface area contributed by atoms with Crippen LogP contribution in [0, 0.1) is 0 Å². The van der Waals surface area contributed by atoms with Gasteiger partial charge in [0.15, 0.2) is 0 Å². The molecule has 1 saturated heterocycles. The molecule has 0 saturated carbocycles. The largest absolute Gasteiger partial charge is 0.495 e. The van der Waals surface area contributed by atoms with E-state index in [9.17, 15) is 13.2 Å². The van der Waals surface area contributed by atoms with Crippen LogP contribution in [0.3, 0.4) is 0 Å². The molecule has 1 N–H and O–H groups in total. The summed E-state index contributed by atoms with van der Waals surface area (Å²) in [5.41, 5.74) is 0.485. The smallest absolute Gasteiger partial charge is 0.243 e. The minimum absolute atomic E-state index is 0.165. The van der Waals surface area contributed by atoms with E-state index < -0.39 is 16.1 Å². The van der Waals surface area contributed by atoms with Gasteiger partial charge in [-0.15, -0.1) is 0 Å². The van der Waals surface area contributed by atoms with E-state index >= 15 is 0 Å². The second-order valence-electron chi connectivity index (χ2n) is 6.07. The van der Waals surface area contributed by atoms with Gasteiger partial charge in [0.05, 0.1) is 17.0 Å². The Morgan fingerprint density at radius 1 is 1.26 bits per heavy atom. The Hall–Kier alpha value is -1.61. The van der Waals surface area contributed by atoms with Gasteiger partial charge in [-0.25, -0.2) is 8.42 Å². The summed E-state index contributed by atoms with van der Waals surface area (Å²) in [5, 5.41) is 3.11. The predicted octanol–water partition coefficient (Wildman–Crippen LogP) is 3.90. The Bertz CT molecular complexity index is 950. The number of anilines is 1. The highest BCUT2D eigenvalue weighted by molar-refractivity contribution is 9.10. The molecule has 1 atom stereocenters. The van der Waals surface area contributed by atoms with Gasteiger partial charge in [-0.3, -0.25) is 4.79 Å². The molecule has 0 spiro atoms. The Morgan fingerprint density at radius 2 is 1.96 bits per heavy atom. The zero-order chi connectivity index (χ0) is 19.6. The molecule has 1 unspecified atom stereocenters. The number of sulfonamides is 1. The molecule has 1 fully saturated rings. The Morgan fingerprint density at radius 3 is 2.59 bits per heavy atom. The second-order valence-corrected chi connectivity index (χ2v) is 9.28. The lowest BCUT2D eigenvalue weighted by Crippen LogP contribution is -2.43. The summed E-state index contributed by atoms with van der Waals surface area (Å²) in [6.07, 6.45) is 1.09. The third kappa shape index (κ3) is 4.29. The van der Waals surface area contributed by atoms with Crippen LogP contribution in [-0.4, -0.2) is 38.3 Å².